The van der Waals surface area contributed by atoms with E-state index in [1.807, 2.05) is 62.4 Å². The first-order chi connectivity index (χ1) is 13.1. The predicted molar refractivity (Wildman–Crippen MR) is 111 cm³/mol. The van der Waals surface area contributed by atoms with Gasteiger partial charge in [0.25, 0.3) is 5.91 Å². The number of nitriles is 1. The topological polar surface area (TPSA) is 64.9 Å². The molecule has 0 aliphatic heterocycles. The second kappa shape index (κ2) is 10.4. The number of halogens is 1. The summed E-state index contributed by atoms with van der Waals surface area (Å²) in [6.07, 6.45) is 3.84. The number of anilines is 1. The number of rotatable bonds is 8. The molecule has 0 fully saturated rings. The molecule has 1 amide bonds. The third-order valence-electron chi connectivity index (χ3n) is 4.30. The summed E-state index contributed by atoms with van der Waals surface area (Å²) in [7, 11) is 0. The van der Waals surface area contributed by atoms with Crippen LogP contribution in [-0.4, -0.2) is 12.5 Å². The standard InChI is InChI=1S/C22H24ClN3O/c1-3-17-8-6-9-18(4-2)21(17)26-22(27)19(14-24)15-25-12-11-16-7-5-10-20(23)13-16/h5-10,13,15,25H,3-4,11-12H2,1-2H3,(H,26,27)/b19-15-. The van der Waals surface area contributed by atoms with Crippen molar-refractivity contribution >= 4 is 23.2 Å². The van der Waals surface area contributed by atoms with Crippen molar-refractivity contribution in [2.75, 3.05) is 11.9 Å². The van der Waals surface area contributed by atoms with Crippen LogP contribution >= 0.6 is 11.6 Å². The van der Waals surface area contributed by atoms with Crippen LogP contribution in [0.5, 0.6) is 0 Å². The molecular formula is C22H24ClN3O. The summed E-state index contributed by atoms with van der Waals surface area (Å²) < 4.78 is 0. The van der Waals surface area contributed by atoms with Crippen molar-refractivity contribution in [3.63, 3.8) is 0 Å². The van der Waals surface area contributed by atoms with Crippen molar-refractivity contribution in [3.8, 4) is 6.07 Å². The van der Waals surface area contributed by atoms with Crippen molar-refractivity contribution in [2.24, 2.45) is 0 Å². The van der Waals surface area contributed by atoms with Gasteiger partial charge in [0.15, 0.2) is 0 Å². The fraction of sp³-hybridized carbons (Fsp3) is 0.273. The second-order valence-corrected chi connectivity index (χ2v) is 6.55. The molecule has 5 heteroatoms. The fourth-order valence-corrected chi connectivity index (χ4v) is 3.03. The summed E-state index contributed by atoms with van der Waals surface area (Å²) in [4.78, 5) is 12.5. The number of nitrogens with zero attached hydrogens (tertiary/aromatic N) is 1. The minimum Gasteiger partial charge on any atom is -0.389 e. The molecular weight excluding hydrogens is 358 g/mol. The minimum atomic E-state index is -0.400. The van der Waals surface area contributed by atoms with Gasteiger partial charge < -0.3 is 10.6 Å². The second-order valence-electron chi connectivity index (χ2n) is 6.12. The number of carbonyl (C=O) groups excluding carboxylic acids is 1. The molecule has 0 aliphatic carbocycles. The van der Waals surface area contributed by atoms with Gasteiger partial charge in [0.1, 0.15) is 11.6 Å². The Kier molecular flexibility index (Phi) is 7.91. The zero-order valence-corrected chi connectivity index (χ0v) is 16.4. The van der Waals surface area contributed by atoms with E-state index in [1.165, 1.54) is 6.20 Å². The van der Waals surface area contributed by atoms with Crippen LogP contribution in [0.25, 0.3) is 0 Å². The number of aryl methyl sites for hydroxylation is 2. The van der Waals surface area contributed by atoms with E-state index in [2.05, 4.69) is 10.6 Å². The lowest BCUT2D eigenvalue weighted by molar-refractivity contribution is -0.112. The normalized spacial score (nSPS) is 11.0. The van der Waals surface area contributed by atoms with Crippen molar-refractivity contribution in [3.05, 3.63) is 76.0 Å². The third-order valence-corrected chi connectivity index (χ3v) is 4.53. The van der Waals surface area contributed by atoms with E-state index >= 15 is 0 Å². The Balaban J connectivity index is 2.01. The van der Waals surface area contributed by atoms with E-state index in [9.17, 15) is 10.1 Å². The molecule has 0 saturated carbocycles. The van der Waals surface area contributed by atoms with Gasteiger partial charge in [-0.2, -0.15) is 5.26 Å². The lowest BCUT2D eigenvalue weighted by atomic mass is 10.0. The average molecular weight is 382 g/mol. The molecule has 27 heavy (non-hydrogen) atoms. The van der Waals surface area contributed by atoms with E-state index in [-0.39, 0.29) is 5.57 Å². The van der Waals surface area contributed by atoms with Gasteiger partial charge in [-0.25, -0.2) is 0 Å². The van der Waals surface area contributed by atoms with Crippen molar-refractivity contribution in [1.29, 1.82) is 5.26 Å². The number of amides is 1. The number of carbonyl (C=O) groups is 1. The first-order valence-electron chi connectivity index (χ1n) is 9.09. The Labute approximate surface area is 165 Å². The van der Waals surface area contributed by atoms with Crippen LogP contribution in [-0.2, 0) is 24.1 Å². The highest BCUT2D eigenvalue weighted by atomic mass is 35.5. The van der Waals surface area contributed by atoms with Gasteiger partial charge in [-0.1, -0.05) is 55.8 Å². The summed E-state index contributed by atoms with van der Waals surface area (Å²) in [6.45, 7) is 4.69. The molecule has 0 atom stereocenters. The lowest BCUT2D eigenvalue weighted by Crippen LogP contribution is -2.19. The number of benzene rings is 2. The maximum atomic E-state index is 12.5. The Morgan fingerprint density at radius 1 is 1.15 bits per heavy atom. The van der Waals surface area contributed by atoms with E-state index in [0.717, 1.165) is 41.6 Å². The van der Waals surface area contributed by atoms with Crippen LogP contribution in [0.3, 0.4) is 0 Å². The Bertz CT molecular complexity index is 846. The first-order valence-corrected chi connectivity index (χ1v) is 9.47. The smallest absolute Gasteiger partial charge is 0.267 e. The molecule has 2 aromatic rings. The van der Waals surface area contributed by atoms with Crippen LogP contribution in [0, 0.1) is 11.3 Å². The Morgan fingerprint density at radius 3 is 2.41 bits per heavy atom. The molecule has 0 unspecified atom stereocenters. The highest BCUT2D eigenvalue weighted by Gasteiger charge is 2.13. The highest BCUT2D eigenvalue weighted by molar-refractivity contribution is 6.30. The van der Waals surface area contributed by atoms with Gasteiger partial charge >= 0.3 is 0 Å². The van der Waals surface area contributed by atoms with Gasteiger partial charge in [-0.05, 0) is 48.1 Å². The zero-order chi connectivity index (χ0) is 19.6. The molecule has 2 N–H and O–H groups in total. The first kappa shape index (κ1) is 20.5. The van der Waals surface area contributed by atoms with Gasteiger partial charge in [0, 0.05) is 23.5 Å². The van der Waals surface area contributed by atoms with E-state index < -0.39 is 5.91 Å². The van der Waals surface area contributed by atoms with Crippen LogP contribution in [0.1, 0.15) is 30.5 Å². The van der Waals surface area contributed by atoms with Gasteiger partial charge in [-0.3, -0.25) is 4.79 Å². The summed E-state index contributed by atoms with van der Waals surface area (Å²) in [5.41, 5.74) is 4.08. The van der Waals surface area contributed by atoms with Gasteiger partial charge in [-0.15, -0.1) is 0 Å². The van der Waals surface area contributed by atoms with Crippen molar-refractivity contribution < 1.29 is 4.79 Å². The SMILES string of the molecule is CCc1cccc(CC)c1NC(=O)/C(C#N)=C\NCCc1cccc(Cl)c1. The zero-order valence-electron chi connectivity index (χ0n) is 15.7. The summed E-state index contributed by atoms with van der Waals surface area (Å²) in [5.74, 6) is -0.400. The average Bonchev–Trinajstić information content (AvgIpc) is 2.68. The predicted octanol–water partition coefficient (Wildman–Crippen LogP) is 4.64. The van der Waals surface area contributed by atoms with Crippen LogP contribution in [0.4, 0.5) is 5.69 Å². The van der Waals surface area contributed by atoms with Gasteiger partial charge in [0.2, 0.25) is 0 Å². The largest absolute Gasteiger partial charge is 0.389 e. The fourth-order valence-electron chi connectivity index (χ4n) is 2.82. The van der Waals surface area contributed by atoms with Gasteiger partial charge in [0.05, 0.1) is 0 Å². The number of hydrogen-bond donors (Lipinski definition) is 2. The summed E-state index contributed by atoms with van der Waals surface area (Å²) in [5, 5.41) is 16.0. The Hall–Kier alpha value is -2.77. The molecule has 4 nitrogen and oxygen atoms in total. The van der Waals surface area contributed by atoms with E-state index in [1.54, 1.807) is 0 Å². The number of para-hydroxylation sites is 1. The van der Waals surface area contributed by atoms with Crippen LogP contribution in [0.15, 0.2) is 54.2 Å². The highest BCUT2D eigenvalue weighted by Crippen LogP contribution is 2.23. The molecule has 0 radical (unpaired) electrons. The molecule has 0 heterocycles. The molecule has 2 rings (SSSR count). The van der Waals surface area contributed by atoms with Crippen LogP contribution in [0.2, 0.25) is 5.02 Å². The third kappa shape index (κ3) is 5.87. The lowest BCUT2D eigenvalue weighted by Gasteiger charge is -2.14. The quantitative estimate of drug-likeness (QED) is 0.397. The molecule has 0 bridgehead atoms. The molecule has 0 spiro atoms. The Morgan fingerprint density at radius 2 is 1.81 bits per heavy atom. The summed E-state index contributed by atoms with van der Waals surface area (Å²) >= 11 is 5.97. The number of hydrogen-bond acceptors (Lipinski definition) is 3. The molecule has 0 aliphatic rings. The maximum Gasteiger partial charge on any atom is 0.267 e. The number of nitrogens with one attached hydrogen (secondary N) is 2. The van der Waals surface area contributed by atoms with E-state index in [4.69, 9.17) is 11.6 Å². The van der Waals surface area contributed by atoms with Crippen molar-refractivity contribution in [1.82, 2.24) is 5.32 Å². The molecule has 0 aromatic heterocycles. The van der Waals surface area contributed by atoms with Crippen LogP contribution < -0.4 is 10.6 Å². The maximum absolute atomic E-state index is 12.5. The minimum absolute atomic E-state index is 0.0500. The van der Waals surface area contributed by atoms with Crippen molar-refractivity contribution in [2.45, 2.75) is 33.1 Å². The monoisotopic (exact) mass is 381 g/mol. The molecule has 0 saturated heterocycles. The summed E-state index contributed by atoms with van der Waals surface area (Å²) in [6, 6.07) is 15.6. The molecule has 2 aromatic carbocycles. The molecule has 140 valence electrons. The van der Waals surface area contributed by atoms with E-state index in [0.29, 0.717) is 11.6 Å².